The second kappa shape index (κ2) is 4.94. The van der Waals surface area contributed by atoms with E-state index in [4.69, 9.17) is 0 Å². The fraction of sp³-hybridized carbons (Fsp3) is 0.250. The van der Waals surface area contributed by atoms with Gasteiger partial charge in [-0.2, -0.15) is 0 Å². The van der Waals surface area contributed by atoms with Crippen molar-refractivity contribution in [2.24, 2.45) is 0 Å². The molecule has 1 aliphatic heterocycles. The molecular weight excluding hydrogens is 270 g/mol. The van der Waals surface area contributed by atoms with E-state index < -0.39 is 10.0 Å². The summed E-state index contributed by atoms with van der Waals surface area (Å²) in [6.45, 7) is 1.93. The van der Waals surface area contributed by atoms with Crippen LogP contribution >= 0.6 is 0 Å². The standard InChI is InChI=1S/C16H17NO2S/c1-2-15-12-13-8-6-7-11-16(13)17(20(15,18)19)14-9-4-3-5-10-14/h3-11,15H,2,12H2,1H3. The van der Waals surface area contributed by atoms with Gasteiger partial charge < -0.3 is 0 Å². The zero-order valence-corrected chi connectivity index (χ0v) is 12.2. The largest absolute Gasteiger partial charge is 0.242 e. The fourth-order valence-corrected chi connectivity index (χ4v) is 4.70. The Kier molecular flexibility index (Phi) is 3.26. The molecule has 2 aromatic rings. The zero-order valence-electron chi connectivity index (χ0n) is 11.4. The first-order valence-corrected chi connectivity index (χ1v) is 8.32. The maximum Gasteiger partial charge on any atom is 0.242 e. The van der Waals surface area contributed by atoms with Crippen LogP contribution < -0.4 is 4.31 Å². The third kappa shape index (κ3) is 2.00. The lowest BCUT2D eigenvalue weighted by Crippen LogP contribution is -2.41. The second-order valence-corrected chi connectivity index (χ2v) is 7.07. The minimum atomic E-state index is -3.35. The van der Waals surface area contributed by atoms with Gasteiger partial charge in [0.05, 0.1) is 16.6 Å². The molecule has 1 aliphatic rings. The Balaban J connectivity index is 2.23. The fourth-order valence-electron chi connectivity index (χ4n) is 2.72. The zero-order chi connectivity index (χ0) is 14.2. The topological polar surface area (TPSA) is 37.4 Å². The first-order chi connectivity index (χ1) is 9.64. The van der Waals surface area contributed by atoms with Crippen molar-refractivity contribution in [3.63, 3.8) is 0 Å². The van der Waals surface area contributed by atoms with Gasteiger partial charge >= 0.3 is 0 Å². The van der Waals surface area contributed by atoms with Gasteiger partial charge in [-0.05, 0) is 36.6 Å². The summed E-state index contributed by atoms with van der Waals surface area (Å²) in [5.41, 5.74) is 2.58. The lowest BCUT2D eigenvalue weighted by atomic mass is 10.1. The molecule has 1 unspecified atom stereocenters. The molecule has 0 N–H and O–H groups in total. The van der Waals surface area contributed by atoms with Crippen LogP contribution in [0.25, 0.3) is 0 Å². The maximum atomic E-state index is 12.8. The van der Waals surface area contributed by atoms with Crippen LogP contribution in [-0.2, 0) is 16.4 Å². The Morgan fingerprint density at radius 2 is 1.70 bits per heavy atom. The highest BCUT2D eigenvalue weighted by molar-refractivity contribution is 7.93. The van der Waals surface area contributed by atoms with Crippen molar-refractivity contribution < 1.29 is 8.42 Å². The van der Waals surface area contributed by atoms with Crippen LogP contribution in [0.1, 0.15) is 18.9 Å². The van der Waals surface area contributed by atoms with E-state index in [9.17, 15) is 8.42 Å². The molecule has 4 heteroatoms. The maximum absolute atomic E-state index is 12.8. The molecule has 104 valence electrons. The molecule has 0 saturated carbocycles. The number of benzene rings is 2. The minimum Gasteiger partial charge on any atom is -0.238 e. The number of sulfonamides is 1. The second-order valence-electron chi connectivity index (χ2n) is 5.01. The Labute approximate surface area is 119 Å². The van der Waals surface area contributed by atoms with E-state index in [-0.39, 0.29) is 5.25 Å². The molecule has 0 amide bonds. The Hall–Kier alpha value is -1.81. The normalized spacial score (nSPS) is 20.4. The van der Waals surface area contributed by atoms with Crippen molar-refractivity contribution in [1.29, 1.82) is 0 Å². The van der Waals surface area contributed by atoms with Gasteiger partial charge in [0.15, 0.2) is 0 Å². The lowest BCUT2D eigenvalue weighted by molar-refractivity contribution is 0.570. The number of fused-ring (bicyclic) bond motifs is 1. The van der Waals surface area contributed by atoms with Crippen LogP contribution in [0.4, 0.5) is 11.4 Å². The van der Waals surface area contributed by atoms with Crippen LogP contribution in [0, 0.1) is 0 Å². The smallest absolute Gasteiger partial charge is 0.238 e. The van der Waals surface area contributed by atoms with Crippen molar-refractivity contribution in [1.82, 2.24) is 0 Å². The van der Waals surface area contributed by atoms with E-state index in [1.165, 1.54) is 4.31 Å². The van der Waals surface area contributed by atoms with E-state index >= 15 is 0 Å². The number of para-hydroxylation sites is 2. The number of hydrogen-bond donors (Lipinski definition) is 0. The van der Waals surface area contributed by atoms with Crippen molar-refractivity contribution in [2.75, 3.05) is 4.31 Å². The molecule has 3 rings (SSSR count). The summed E-state index contributed by atoms with van der Waals surface area (Å²) < 4.78 is 27.2. The summed E-state index contributed by atoms with van der Waals surface area (Å²) >= 11 is 0. The molecule has 0 saturated heterocycles. The number of nitrogens with zero attached hydrogens (tertiary/aromatic N) is 1. The first-order valence-electron chi connectivity index (χ1n) is 6.81. The molecular formula is C16H17NO2S. The van der Waals surface area contributed by atoms with E-state index in [2.05, 4.69) is 0 Å². The highest BCUT2D eigenvalue weighted by atomic mass is 32.2. The summed E-state index contributed by atoms with van der Waals surface area (Å²) in [7, 11) is -3.35. The summed E-state index contributed by atoms with van der Waals surface area (Å²) in [6.07, 6.45) is 1.22. The third-order valence-electron chi connectivity index (χ3n) is 3.78. The Morgan fingerprint density at radius 1 is 1.05 bits per heavy atom. The molecule has 2 aromatic carbocycles. The SMILES string of the molecule is CCC1Cc2ccccc2N(c2ccccc2)S1(=O)=O. The van der Waals surface area contributed by atoms with E-state index in [0.717, 1.165) is 11.3 Å². The molecule has 20 heavy (non-hydrogen) atoms. The molecule has 0 aromatic heterocycles. The van der Waals surface area contributed by atoms with Crippen LogP contribution in [0.15, 0.2) is 54.6 Å². The molecule has 3 nitrogen and oxygen atoms in total. The van der Waals surface area contributed by atoms with Gasteiger partial charge in [0, 0.05) is 0 Å². The molecule has 1 heterocycles. The molecule has 0 aliphatic carbocycles. The summed E-state index contributed by atoms with van der Waals surface area (Å²) in [5.74, 6) is 0. The van der Waals surface area contributed by atoms with Crippen molar-refractivity contribution in [3.8, 4) is 0 Å². The molecule has 0 fully saturated rings. The predicted molar refractivity (Wildman–Crippen MR) is 81.7 cm³/mol. The summed E-state index contributed by atoms with van der Waals surface area (Å²) in [6, 6.07) is 17.0. The predicted octanol–water partition coefficient (Wildman–Crippen LogP) is 3.49. The van der Waals surface area contributed by atoms with Gasteiger partial charge in [-0.1, -0.05) is 43.3 Å². The van der Waals surface area contributed by atoms with Crippen LogP contribution in [-0.4, -0.2) is 13.7 Å². The van der Waals surface area contributed by atoms with E-state index in [1.54, 1.807) is 0 Å². The third-order valence-corrected chi connectivity index (χ3v) is 6.04. The Morgan fingerprint density at radius 3 is 2.40 bits per heavy atom. The average Bonchev–Trinajstić information content (AvgIpc) is 2.46. The quantitative estimate of drug-likeness (QED) is 0.848. The number of rotatable bonds is 2. The van der Waals surface area contributed by atoms with E-state index in [0.29, 0.717) is 18.5 Å². The minimum absolute atomic E-state index is 0.349. The summed E-state index contributed by atoms with van der Waals surface area (Å²) in [4.78, 5) is 0. The van der Waals surface area contributed by atoms with Crippen molar-refractivity contribution in [3.05, 3.63) is 60.2 Å². The highest BCUT2D eigenvalue weighted by Gasteiger charge is 2.38. The van der Waals surface area contributed by atoms with E-state index in [1.807, 2.05) is 61.5 Å². The van der Waals surface area contributed by atoms with Crippen molar-refractivity contribution in [2.45, 2.75) is 25.0 Å². The highest BCUT2D eigenvalue weighted by Crippen LogP contribution is 2.39. The van der Waals surface area contributed by atoms with Gasteiger partial charge in [0.25, 0.3) is 0 Å². The molecule has 0 spiro atoms. The Bertz CT molecular complexity index is 710. The van der Waals surface area contributed by atoms with Crippen LogP contribution in [0.5, 0.6) is 0 Å². The van der Waals surface area contributed by atoms with Crippen LogP contribution in [0.2, 0.25) is 0 Å². The molecule has 0 radical (unpaired) electrons. The first kappa shape index (κ1) is 13.2. The van der Waals surface area contributed by atoms with Gasteiger partial charge in [0.2, 0.25) is 10.0 Å². The molecule has 0 bridgehead atoms. The van der Waals surface area contributed by atoms with Crippen LogP contribution in [0.3, 0.4) is 0 Å². The van der Waals surface area contributed by atoms with Crippen molar-refractivity contribution >= 4 is 21.4 Å². The van der Waals surface area contributed by atoms with Gasteiger partial charge in [-0.3, -0.25) is 0 Å². The lowest BCUT2D eigenvalue weighted by Gasteiger charge is -2.35. The van der Waals surface area contributed by atoms with Gasteiger partial charge in [-0.25, -0.2) is 12.7 Å². The van der Waals surface area contributed by atoms with Gasteiger partial charge in [-0.15, -0.1) is 0 Å². The number of hydrogen-bond acceptors (Lipinski definition) is 2. The average molecular weight is 287 g/mol. The molecule has 1 atom stereocenters. The van der Waals surface area contributed by atoms with Gasteiger partial charge in [0.1, 0.15) is 0 Å². The summed E-state index contributed by atoms with van der Waals surface area (Å²) in [5, 5.41) is -0.349. The monoisotopic (exact) mass is 287 g/mol. The number of anilines is 2.